The smallest absolute Gasteiger partial charge is 0.0682 e. The second-order valence-electron chi connectivity index (χ2n) is 4.20. The Bertz CT molecular complexity index is 141. The van der Waals surface area contributed by atoms with E-state index in [1.165, 1.54) is 12.8 Å². The first-order valence-corrected chi connectivity index (χ1v) is 6.02. The van der Waals surface area contributed by atoms with Crippen molar-refractivity contribution in [2.45, 2.75) is 71.3 Å². The molecule has 1 heteroatoms. The summed E-state index contributed by atoms with van der Waals surface area (Å²) < 4.78 is 0. The van der Waals surface area contributed by atoms with Crippen LogP contribution in [0.1, 0.15) is 65.7 Å². The van der Waals surface area contributed by atoms with Gasteiger partial charge in [-0.25, -0.2) is 0 Å². The number of hydrogen-bond donors (Lipinski definition) is 1. The highest BCUT2D eigenvalue weighted by molar-refractivity contribution is 4.89. The van der Waals surface area contributed by atoms with Crippen molar-refractivity contribution in [3.63, 3.8) is 0 Å². The third-order valence-corrected chi connectivity index (χ3v) is 2.72. The molecule has 0 aromatic rings. The van der Waals surface area contributed by atoms with Crippen LogP contribution in [0, 0.1) is 0 Å². The van der Waals surface area contributed by atoms with Crippen molar-refractivity contribution in [3.05, 3.63) is 12.2 Å². The van der Waals surface area contributed by atoms with Gasteiger partial charge in [-0.05, 0) is 26.2 Å². The first-order valence-electron chi connectivity index (χ1n) is 6.02. The van der Waals surface area contributed by atoms with E-state index in [4.69, 9.17) is 0 Å². The fourth-order valence-electron chi connectivity index (χ4n) is 1.68. The average molecular weight is 198 g/mol. The van der Waals surface area contributed by atoms with Crippen molar-refractivity contribution >= 4 is 0 Å². The Balaban J connectivity index is 4.02. The standard InChI is InChI=1S/C13H26O/c1-4-7-10-13(14,11-8-5-2)12-9-6-3/h4,7,14H,5-6,8-12H2,1-3H3/b7-4+. The minimum absolute atomic E-state index is 0.432. The average Bonchev–Trinajstić information content (AvgIpc) is 2.21. The van der Waals surface area contributed by atoms with Gasteiger partial charge in [0.15, 0.2) is 0 Å². The van der Waals surface area contributed by atoms with Gasteiger partial charge in [0.2, 0.25) is 0 Å². The molecule has 0 aromatic heterocycles. The molecule has 0 unspecified atom stereocenters. The normalized spacial score (nSPS) is 12.6. The fraction of sp³-hybridized carbons (Fsp3) is 0.846. The molecule has 0 amide bonds. The molecule has 0 atom stereocenters. The third-order valence-electron chi connectivity index (χ3n) is 2.72. The molecule has 0 spiro atoms. The zero-order valence-electron chi connectivity index (χ0n) is 10.1. The Morgan fingerprint density at radius 1 is 1.07 bits per heavy atom. The van der Waals surface area contributed by atoms with E-state index >= 15 is 0 Å². The number of aliphatic hydroxyl groups is 1. The van der Waals surface area contributed by atoms with Gasteiger partial charge in [0, 0.05) is 0 Å². The summed E-state index contributed by atoms with van der Waals surface area (Å²) in [5, 5.41) is 10.4. The molecule has 1 nitrogen and oxygen atoms in total. The summed E-state index contributed by atoms with van der Waals surface area (Å²) in [5.41, 5.74) is -0.432. The lowest BCUT2D eigenvalue weighted by atomic mass is 9.88. The Morgan fingerprint density at radius 3 is 1.93 bits per heavy atom. The molecule has 14 heavy (non-hydrogen) atoms. The van der Waals surface area contributed by atoms with Crippen molar-refractivity contribution in [1.29, 1.82) is 0 Å². The van der Waals surface area contributed by atoms with Gasteiger partial charge in [-0.2, -0.15) is 0 Å². The maximum absolute atomic E-state index is 10.4. The molecule has 0 saturated carbocycles. The predicted molar refractivity (Wildman–Crippen MR) is 63.4 cm³/mol. The van der Waals surface area contributed by atoms with Crippen LogP contribution >= 0.6 is 0 Å². The number of allylic oxidation sites excluding steroid dienone is 1. The minimum Gasteiger partial charge on any atom is -0.390 e. The van der Waals surface area contributed by atoms with Gasteiger partial charge >= 0.3 is 0 Å². The lowest BCUT2D eigenvalue weighted by molar-refractivity contribution is 0.0214. The van der Waals surface area contributed by atoms with Crippen molar-refractivity contribution in [2.24, 2.45) is 0 Å². The summed E-state index contributed by atoms with van der Waals surface area (Å²) in [6, 6.07) is 0. The molecule has 0 heterocycles. The summed E-state index contributed by atoms with van der Waals surface area (Å²) in [5.74, 6) is 0. The summed E-state index contributed by atoms with van der Waals surface area (Å²) in [6.07, 6.45) is 11.5. The highest BCUT2D eigenvalue weighted by Gasteiger charge is 2.23. The van der Waals surface area contributed by atoms with Crippen LogP contribution in [-0.2, 0) is 0 Å². The van der Waals surface area contributed by atoms with Crippen LogP contribution in [0.3, 0.4) is 0 Å². The maximum atomic E-state index is 10.4. The molecule has 0 saturated heterocycles. The van der Waals surface area contributed by atoms with Crippen LogP contribution in [0.15, 0.2) is 12.2 Å². The topological polar surface area (TPSA) is 20.2 Å². The van der Waals surface area contributed by atoms with E-state index in [0.717, 1.165) is 32.1 Å². The summed E-state index contributed by atoms with van der Waals surface area (Å²) >= 11 is 0. The fourth-order valence-corrected chi connectivity index (χ4v) is 1.68. The molecular formula is C13H26O. The molecule has 0 aliphatic carbocycles. The molecule has 84 valence electrons. The van der Waals surface area contributed by atoms with Gasteiger partial charge < -0.3 is 5.11 Å². The number of unbranched alkanes of at least 4 members (excludes halogenated alkanes) is 2. The number of rotatable bonds is 8. The van der Waals surface area contributed by atoms with Gasteiger partial charge in [-0.15, -0.1) is 0 Å². The highest BCUT2D eigenvalue weighted by Crippen LogP contribution is 2.25. The monoisotopic (exact) mass is 198 g/mol. The predicted octanol–water partition coefficient (Wildman–Crippen LogP) is 4.06. The second-order valence-corrected chi connectivity index (χ2v) is 4.20. The van der Waals surface area contributed by atoms with E-state index < -0.39 is 5.60 Å². The lowest BCUT2D eigenvalue weighted by Crippen LogP contribution is -2.27. The molecule has 0 bridgehead atoms. The molecule has 0 fully saturated rings. The van der Waals surface area contributed by atoms with Crippen LogP contribution in [-0.4, -0.2) is 10.7 Å². The van der Waals surface area contributed by atoms with Gasteiger partial charge in [0.25, 0.3) is 0 Å². The van der Waals surface area contributed by atoms with Crippen LogP contribution in [0.2, 0.25) is 0 Å². The molecule has 0 radical (unpaired) electrons. The molecule has 0 aromatic carbocycles. The largest absolute Gasteiger partial charge is 0.390 e. The van der Waals surface area contributed by atoms with Gasteiger partial charge in [-0.3, -0.25) is 0 Å². The van der Waals surface area contributed by atoms with Crippen LogP contribution < -0.4 is 0 Å². The van der Waals surface area contributed by atoms with E-state index in [9.17, 15) is 5.11 Å². The van der Waals surface area contributed by atoms with Gasteiger partial charge in [0.1, 0.15) is 0 Å². The molecule has 1 N–H and O–H groups in total. The Kier molecular flexibility index (Phi) is 7.87. The van der Waals surface area contributed by atoms with E-state index in [2.05, 4.69) is 19.9 Å². The third kappa shape index (κ3) is 6.20. The van der Waals surface area contributed by atoms with Crippen LogP contribution in [0.4, 0.5) is 0 Å². The van der Waals surface area contributed by atoms with E-state index in [0.29, 0.717) is 0 Å². The Morgan fingerprint density at radius 2 is 1.57 bits per heavy atom. The van der Waals surface area contributed by atoms with Crippen LogP contribution in [0.5, 0.6) is 0 Å². The van der Waals surface area contributed by atoms with Crippen LogP contribution in [0.25, 0.3) is 0 Å². The lowest BCUT2D eigenvalue weighted by Gasteiger charge is -2.26. The Labute approximate surface area is 89.2 Å². The first-order chi connectivity index (χ1) is 6.68. The second kappa shape index (κ2) is 8.05. The SMILES string of the molecule is C/C=C/CC(O)(CCCC)CCCC. The highest BCUT2D eigenvalue weighted by atomic mass is 16.3. The zero-order valence-corrected chi connectivity index (χ0v) is 10.1. The van der Waals surface area contributed by atoms with E-state index in [1.807, 2.05) is 13.0 Å². The molecular weight excluding hydrogens is 172 g/mol. The van der Waals surface area contributed by atoms with Crippen molar-refractivity contribution in [2.75, 3.05) is 0 Å². The first kappa shape index (κ1) is 13.7. The maximum Gasteiger partial charge on any atom is 0.0682 e. The van der Waals surface area contributed by atoms with Crippen molar-refractivity contribution in [3.8, 4) is 0 Å². The van der Waals surface area contributed by atoms with Crippen molar-refractivity contribution < 1.29 is 5.11 Å². The van der Waals surface area contributed by atoms with Gasteiger partial charge in [-0.1, -0.05) is 51.7 Å². The van der Waals surface area contributed by atoms with E-state index in [-0.39, 0.29) is 0 Å². The number of hydrogen-bond acceptors (Lipinski definition) is 1. The molecule has 0 rings (SSSR count). The zero-order chi connectivity index (χ0) is 10.9. The summed E-state index contributed by atoms with van der Waals surface area (Å²) in [7, 11) is 0. The summed E-state index contributed by atoms with van der Waals surface area (Å²) in [6.45, 7) is 6.37. The quantitative estimate of drug-likeness (QED) is 0.583. The Hall–Kier alpha value is -0.300. The molecule has 0 aliphatic rings. The van der Waals surface area contributed by atoms with Gasteiger partial charge in [0.05, 0.1) is 5.60 Å². The minimum atomic E-state index is -0.432. The van der Waals surface area contributed by atoms with Crippen molar-refractivity contribution in [1.82, 2.24) is 0 Å². The molecule has 0 aliphatic heterocycles. The summed E-state index contributed by atoms with van der Waals surface area (Å²) in [4.78, 5) is 0. The van der Waals surface area contributed by atoms with E-state index in [1.54, 1.807) is 0 Å².